The molecule has 120 valence electrons. The first-order chi connectivity index (χ1) is 11.0. The summed E-state index contributed by atoms with van der Waals surface area (Å²) in [7, 11) is 1.38. The molecule has 0 heterocycles. The van der Waals surface area contributed by atoms with Crippen molar-refractivity contribution in [2.24, 2.45) is 0 Å². The Bertz CT molecular complexity index is 710. The minimum absolute atomic E-state index is 0.118. The van der Waals surface area contributed by atoms with Gasteiger partial charge in [0.25, 0.3) is 0 Å². The van der Waals surface area contributed by atoms with Gasteiger partial charge < -0.3 is 5.32 Å². The van der Waals surface area contributed by atoms with Gasteiger partial charge in [-0.1, -0.05) is 30.3 Å². The van der Waals surface area contributed by atoms with Crippen LogP contribution in [0.5, 0.6) is 0 Å². The lowest BCUT2D eigenvalue weighted by Gasteiger charge is -2.16. The quantitative estimate of drug-likeness (QED) is 0.843. The van der Waals surface area contributed by atoms with Crippen LogP contribution < -0.4 is 10.6 Å². The van der Waals surface area contributed by atoms with Crippen molar-refractivity contribution in [1.29, 1.82) is 0 Å². The number of hydrogen-bond donors (Lipinski definition) is 2. The number of imide groups is 1. The van der Waals surface area contributed by atoms with Crippen LogP contribution in [0.2, 0.25) is 0 Å². The lowest BCUT2D eigenvalue weighted by atomic mass is 10.1. The van der Waals surface area contributed by atoms with Gasteiger partial charge in [-0.25, -0.2) is 13.6 Å². The molecule has 0 radical (unpaired) electrons. The zero-order valence-corrected chi connectivity index (χ0v) is 13.0. The van der Waals surface area contributed by atoms with Crippen LogP contribution in [0, 0.1) is 11.6 Å². The Kier molecular flexibility index (Phi) is 5.70. The molecule has 7 heteroatoms. The van der Waals surface area contributed by atoms with Crippen LogP contribution >= 0.6 is 11.8 Å². The van der Waals surface area contributed by atoms with Crippen molar-refractivity contribution < 1.29 is 18.4 Å². The summed E-state index contributed by atoms with van der Waals surface area (Å²) in [6.45, 7) is 0. The summed E-state index contributed by atoms with van der Waals surface area (Å²) >= 11 is 0.904. The molecule has 0 aromatic heterocycles. The van der Waals surface area contributed by atoms with Gasteiger partial charge in [0, 0.05) is 18.0 Å². The molecule has 0 unspecified atom stereocenters. The Labute approximate surface area is 136 Å². The summed E-state index contributed by atoms with van der Waals surface area (Å²) in [4.78, 5) is 23.8. The molecular weight excluding hydrogens is 322 g/mol. The maximum absolute atomic E-state index is 13.8. The van der Waals surface area contributed by atoms with E-state index in [1.54, 1.807) is 30.3 Å². The highest BCUT2D eigenvalue weighted by Crippen LogP contribution is 2.36. The van der Waals surface area contributed by atoms with Crippen LogP contribution in [-0.4, -0.2) is 19.0 Å². The highest BCUT2D eigenvalue weighted by Gasteiger charge is 2.24. The summed E-state index contributed by atoms with van der Waals surface area (Å²) in [5.41, 5.74) is 0.600. The summed E-state index contributed by atoms with van der Waals surface area (Å²) in [5.74, 6) is -2.05. The number of hydrogen-bond acceptors (Lipinski definition) is 3. The van der Waals surface area contributed by atoms with Crippen LogP contribution in [0.1, 0.15) is 10.8 Å². The third-order valence-electron chi connectivity index (χ3n) is 2.94. The first-order valence-corrected chi connectivity index (χ1v) is 7.58. The van der Waals surface area contributed by atoms with Crippen LogP contribution in [0.15, 0.2) is 53.4 Å². The fraction of sp³-hybridized carbons (Fsp3) is 0.125. The van der Waals surface area contributed by atoms with E-state index in [0.29, 0.717) is 5.56 Å². The van der Waals surface area contributed by atoms with Gasteiger partial charge in [-0.2, -0.15) is 0 Å². The van der Waals surface area contributed by atoms with Crippen molar-refractivity contribution in [1.82, 2.24) is 10.6 Å². The predicted molar refractivity (Wildman–Crippen MR) is 84.0 cm³/mol. The number of nitrogens with one attached hydrogen (secondary N) is 2. The van der Waals surface area contributed by atoms with Crippen LogP contribution in [-0.2, 0) is 4.79 Å². The minimum Gasteiger partial charge on any atom is -0.341 e. The number of rotatable bonds is 4. The maximum Gasteiger partial charge on any atom is 0.321 e. The molecule has 0 fully saturated rings. The molecule has 3 amide bonds. The third kappa shape index (κ3) is 4.53. The smallest absolute Gasteiger partial charge is 0.321 e. The van der Waals surface area contributed by atoms with Gasteiger partial charge in [0.2, 0.25) is 5.91 Å². The van der Waals surface area contributed by atoms with E-state index in [0.717, 1.165) is 23.9 Å². The Morgan fingerprint density at radius 3 is 2.39 bits per heavy atom. The van der Waals surface area contributed by atoms with Crippen molar-refractivity contribution in [3.05, 3.63) is 65.7 Å². The van der Waals surface area contributed by atoms with Gasteiger partial charge in [-0.15, -0.1) is 11.8 Å². The molecule has 2 aromatic rings. The summed E-state index contributed by atoms with van der Waals surface area (Å²) in [6.07, 6.45) is 0. The Balaban J connectivity index is 2.30. The average molecular weight is 336 g/mol. The topological polar surface area (TPSA) is 58.2 Å². The van der Waals surface area contributed by atoms with E-state index in [4.69, 9.17) is 0 Å². The molecule has 1 atom stereocenters. The molecule has 0 saturated carbocycles. The minimum atomic E-state index is -0.853. The van der Waals surface area contributed by atoms with E-state index >= 15 is 0 Å². The summed E-state index contributed by atoms with van der Waals surface area (Å²) in [6, 6.07) is 11.1. The van der Waals surface area contributed by atoms with Crippen molar-refractivity contribution in [2.45, 2.75) is 10.1 Å². The van der Waals surface area contributed by atoms with E-state index in [1.807, 2.05) is 0 Å². The van der Waals surface area contributed by atoms with E-state index < -0.39 is 28.8 Å². The van der Waals surface area contributed by atoms with Crippen LogP contribution in [0.4, 0.5) is 13.6 Å². The largest absolute Gasteiger partial charge is 0.341 e. The third-order valence-corrected chi connectivity index (χ3v) is 4.25. The highest BCUT2D eigenvalue weighted by atomic mass is 32.2. The molecule has 0 aliphatic rings. The molecule has 0 saturated heterocycles. The number of amides is 3. The molecule has 4 nitrogen and oxygen atoms in total. The highest BCUT2D eigenvalue weighted by molar-refractivity contribution is 8.00. The normalized spacial score (nSPS) is 11.6. The molecule has 23 heavy (non-hydrogen) atoms. The zero-order valence-electron chi connectivity index (χ0n) is 12.2. The molecule has 0 spiro atoms. The molecule has 2 N–H and O–H groups in total. The lowest BCUT2D eigenvalue weighted by molar-refractivity contribution is -0.119. The van der Waals surface area contributed by atoms with Gasteiger partial charge >= 0.3 is 6.03 Å². The molecule has 0 aliphatic heterocycles. The van der Waals surface area contributed by atoms with Crippen LogP contribution in [0.25, 0.3) is 0 Å². The second kappa shape index (κ2) is 7.73. The van der Waals surface area contributed by atoms with Gasteiger partial charge in [0.05, 0.1) is 0 Å². The molecular formula is C16H14F2N2O2S. The molecule has 0 aliphatic carbocycles. The SMILES string of the molecule is CNC(=O)NC(=O)[C@@H](Sc1ccc(F)cc1F)c1ccccc1. The van der Waals surface area contributed by atoms with Gasteiger partial charge in [-0.3, -0.25) is 10.1 Å². The maximum atomic E-state index is 13.8. The molecule has 2 rings (SSSR count). The summed E-state index contributed by atoms with van der Waals surface area (Å²) in [5, 5.41) is 3.60. The first-order valence-electron chi connectivity index (χ1n) is 6.70. The predicted octanol–water partition coefficient (Wildman–Crippen LogP) is 3.25. The van der Waals surface area contributed by atoms with E-state index in [-0.39, 0.29) is 4.90 Å². The number of carbonyl (C=O) groups excluding carboxylic acids is 2. The zero-order chi connectivity index (χ0) is 16.8. The number of halogens is 2. The molecule has 0 bridgehead atoms. The van der Waals surface area contributed by atoms with Crippen LogP contribution in [0.3, 0.4) is 0 Å². The lowest BCUT2D eigenvalue weighted by Crippen LogP contribution is -2.39. The van der Waals surface area contributed by atoms with Crippen molar-refractivity contribution in [3.8, 4) is 0 Å². The Morgan fingerprint density at radius 1 is 1.09 bits per heavy atom. The number of carbonyl (C=O) groups is 2. The Morgan fingerprint density at radius 2 is 1.78 bits per heavy atom. The van der Waals surface area contributed by atoms with Gasteiger partial charge in [0.15, 0.2) is 0 Å². The summed E-state index contributed by atoms with van der Waals surface area (Å²) < 4.78 is 26.8. The fourth-order valence-electron chi connectivity index (χ4n) is 1.84. The van der Waals surface area contributed by atoms with Crippen molar-refractivity contribution >= 4 is 23.7 Å². The second-order valence-corrected chi connectivity index (χ2v) is 5.70. The number of benzene rings is 2. The Hall–Kier alpha value is -2.41. The van der Waals surface area contributed by atoms with E-state index in [9.17, 15) is 18.4 Å². The van der Waals surface area contributed by atoms with E-state index in [2.05, 4.69) is 10.6 Å². The monoisotopic (exact) mass is 336 g/mol. The van der Waals surface area contributed by atoms with Gasteiger partial charge in [0.1, 0.15) is 16.9 Å². The number of thioether (sulfide) groups is 1. The standard InChI is InChI=1S/C16H14F2N2O2S/c1-19-16(22)20-15(21)14(10-5-3-2-4-6-10)23-13-8-7-11(17)9-12(13)18/h2-9,14H,1H3,(H2,19,20,21,22)/t14-/m0/s1. The second-order valence-electron chi connectivity index (χ2n) is 4.55. The van der Waals surface area contributed by atoms with Gasteiger partial charge in [-0.05, 0) is 17.7 Å². The van der Waals surface area contributed by atoms with E-state index in [1.165, 1.54) is 13.1 Å². The first kappa shape index (κ1) is 17.0. The van der Waals surface area contributed by atoms with Crippen molar-refractivity contribution in [3.63, 3.8) is 0 Å². The average Bonchev–Trinajstić information content (AvgIpc) is 2.54. The number of urea groups is 1. The molecule has 2 aromatic carbocycles. The fourth-order valence-corrected chi connectivity index (χ4v) is 2.87. The van der Waals surface area contributed by atoms with Crippen molar-refractivity contribution in [2.75, 3.05) is 7.05 Å².